The predicted molar refractivity (Wildman–Crippen MR) is 89.8 cm³/mol. The first-order chi connectivity index (χ1) is 11.5. The summed E-state index contributed by atoms with van der Waals surface area (Å²) in [6.07, 6.45) is 6.49. The van der Waals surface area contributed by atoms with E-state index in [-0.39, 0.29) is 17.4 Å². The molecule has 2 aromatic heterocycles. The van der Waals surface area contributed by atoms with E-state index in [1.165, 1.54) is 6.33 Å². The standard InChI is InChI=1S/C17H23N5O2/c1-12(2)14-7-16(23)22(11-20-14)9-13-3-5-21(6-4-13)17(24)15-8-18-10-19-15/h7-8,10-13H,3-6,9H2,1-2H3,(H,18,19). The lowest BCUT2D eigenvalue weighted by molar-refractivity contribution is 0.0677. The minimum absolute atomic E-state index is 0.00432. The number of piperidine rings is 1. The second-order valence-electron chi connectivity index (χ2n) is 6.66. The van der Waals surface area contributed by atoms with Gasteiger partial charge in [-0.2, -0.15) is 0 Å². The Labute approximate surface area is 140 Å². The van der Waals surface area contributed by atoms with Crippen molar-refractivity contribution in [1.29, 1.82) is 0 Å². The molecular formula is C17H23N5O2. The molecule has 0 aromatic carbocycles. The Morgan fingerprint density at radius 1 is 1.38 bits per heavy atom. The highest BCUT2D eigenvalue weighted by molar-refractivity contribution is 5.92. The molecule has 1 aliphatic heterocycles. The molecule has 0 spiro atoms. The van der Waals surface area contributed by atoms with Crippen molar-refractivity contribution in [1.82, 2.24) is 24.4 Å². The van der Waals surface area contributed by atoms with Crippen molar-refractivity contribution in [3.05, 3.63) is 46.7 Å². The molecule has 7 nitrogen and oxygen atoms in total. The number of carbonyl (C=O) groups excluding carboxylic acids is 1. The molecule has 1 N–H and O–H groups in total. The molecule has 24 heavy (non-hydrogen) atoms. The van der Waals surface area contributed by atoms with Crippen LogP contribution >= 0.6 is 0 Å². The van der Waals surface area contributed by atoms with Gasteiger partial charge in [0.05, 0.1) is 24.5 Å². The zero-order valence-electron chi connectivity index (χ0n) is 14.1. The summed E-state index contributed by atoms with van der Waals surface area (Å²) in [6.45, 7) is 6.12. The van der Waals surface area contributed by atoms with Gasteiger partial charge in [0, 0.05) is 25.7 Å². The predicted octanol–water partition coefficient (Wildman–Crippen LogP) is 1.64. The highest BCUT2D eigenvalue weighted by Gasteiger charge is 2.24. The average Bonchev–Trinajstić information content (AvgIpc) is 3.11. The maximum absolute atomic E-state index is 12.3. The Bertz CT molecular complexity index is 743. The van der Waals surface area contributed by atoms with Gasteiger partial charge >= 0.3 is 0 Å². The SMILES string of the molecule is CC(C)c1cc(=O)n(CC2CCN(C(=O)c3cnc[nH]3)CC2)cn1. The van der Waals surface area contributed by atoms with Crippen LogP contribution in [0.4, 0.5) is 0 Å². The number of amides is 1. The number of imidazole rings is 1. The second kappa shape index (κ2) is 6.98. The van der Waals surface area contributed by atoms with Gasteiger partial charge in [0.2, 0.25) is 0 Å². The highest BCUT2D eigenvalue weighted by atomic mass is 16.2. The molecule has 3 heterocycles. The van der Waals surface area contributed by atoms with E-state index in [9.17, 15) is 9.59 Å². The third-order valence-electron chi connectivity index (χ3n) is 4.58. The largest absolute Gasteiger partial charge is 0.341 e. The summed E-state index contributed by atoms with van der Waals surface area (Å²) in [5.74, 6) is 0.635. The molecule has 0 atom stereocenters. The van der Waals surface area contributed by atoms with E-state index < -0.39 is 0 Å². The number of H-pyrrole nitrogens is 1. The van der Waals surface area contributed by atoms with Crippen molar-refractivity contribution in [3.8, 4) is 0 Å². The molecule has 0 radical (unpaired) electrons. The smallest absolute Gasteiger partial charge is 0.271 e. The number of aromatic nitrogens is 4. The Kier molecular flexibility index (Phi) is 4.78. The molecule has 1 fully saturated rings. The van der Waals surface area contributed by atoms with E-state index in [2.05, 4.69) is 15.0 Å². The van der Waals surface area contributed by atoms with Crippen LogP contribution in [0.1, 0.15) is 48.8 Å². The third kappa shape index (κ3) is 3.55. The molecule has 7 heteroatoms. The lowest BCUT2D eigenvalue weighted by Gasteiger charge is -2.31. The quantitative estimate of drug-likeness (QED) is 0.924. The summed E-state index contributed by atoms with van der Waals surface area (Å²) in [6, 6.07) is 1.63. The number of nitrogens with zero attached hydrogens (tertiary/aromatic N) is 4. The van der Waals surface area contributed by atoms with Crippen LogP contribution in [0, 0.1) is 5.92 Å². The van der Waals surface area contributed by atoms with Crippen molar-refractivity contribution in [2.45, 2.75) is 39.2 Å². The van der Waals surface area contributed by atoms with Gasteiger partial charge in [-0.15, -0.1) is 0 Å². The van der Waals surface area contributed by atoms with Gasteiger partial charge in [0.25, 0.3) is 11.5 Å². The Hall–Kier alpha value is -2.44. The van der Waals surface area contributed by atoms with Crippen LogP contribution in [0.25, 0.3) is 0 Å². The molecule has 0 saturated carbocycles. The summed E-state index contributed by atoms with van der Waals surface area (Å²) in [7, 11) is 0. The van der Waals surface area contributed by atoms with Crippen molar-refractivity contribution < 1.29 is 4.79 Å². The Morgan fingerprint density at radius 2 is 2.12 bits per heavy atom. The summed E-state index contributed by atoms with van der Waals surface area (Å²) in [5.41, 5.74) is 1.36. The molecule has 2 aromatic rings. The van der Waals surface area contributed by atoms with Gasteiger partial charge in [-0.25, -0.2) is 9.97 Å². The number of hydrogen-bond donors (Lipinski definition) is 1. The van der Waals surface area contributed by atoms with E-state index in [0.717, 1.165) is 18.5 Å². The van der Waals surface area contributed by atoms with Crippen LogP contribution < -0.4 is 5.56 Å². The molecule has 3 rings (SSSR count). The molecule has 0 bridgehead atoms. The highest BCUT2D eigenvalue weighted by Crippen LogP contribution is 2.20. The maximum atomic E-state index is 12.3. The minimum atomic E-state index is -0.00827. The summed E-state index contributed by atoms with van der Waals surface area (Å²) in [5, 5.41) is 0. The normalized spacial score (nSPS) is 15.9. The number of nitrogens with one attached hydrogen (secondary N) is 1. The topological polar surface area (TPSA) is 83.9 Å². The molecule has 1 aliphatic rings. The molecular weight excluding hydrogens is 306 g/mol. The van der Waals surface area contributed by atoms with Crippen LogP contribution in [-0.2, 0) is 6.54 Å². The van der Waals surface area contributed by atoms with E-state index in [4.69, 9.17) is 0 Å². The maximum Gasteiger partial charge on any atom is 0.271 e. The van der Waals surface area contributed by atoms with Crippen molar-refractivity contribution >= 4 is 5.91 Å². The summed E-state index contributed by atoms with van der Waals surface area (Å²) in [4.78, 5) is 37.4. The van der Waals surface area contributed by atoms with Crippen molar-refractivity contribution in [2.75, 3.05) is 13.1 Å². The van der Waals surface area contributed by atoms with Crippen LogP contribution in [-0.4, -0.2) is 43.4 Å². The zero-order valence-corrected chi connectivity index (χ0v) is 14.1. The number of aromatic amines is 1. The number of rotatable bonds is 4. The van der Waals surface area contributed by atoms with Gasteiger partial charge < -0.3 is 9.88 Å². The van der Waals surface area contributed by atoms with Crippen LogP contribution in [0.2, 0.25) is 0 Å². The number of likely N-dealkylation sites (tertiary alicyclic amines) is 1. The van der Waals surface area contributed by atoms with E-state index >= 15 is 0 Å². The fourth-order valence-electron chi connectivity index (χ4n) is 3.03. The van der Waals surface area contributed by atoms with Crippen LogP contribution in [0.3, 0.4) is 0 Å². The number of carbonyl (C=O) groups is 1. The first kappa shape index (κ1) is 16.4. The Morgan fingerprint density at radius 3 is 2.71 bits per heavy atom. The van der Waals surface area contributed by atoms with Gasteiger partial charge in [-0.3, -0.25) is 14.2 Å². The second-order valence-corrected chi connectivity index (χ2v) is 6.66. The first-order valence-corrected chi connectivity index (χ1v) is 8.38. The minimum Gasteiger partial charge on any atom is -0.341 e. The lowest BCUT2D eigenvalue weighted by atomic mass is 9.96. The number of hydrogen-bond acceptors (Lipinski definition) is 4. The van der Waals surface area contributed by atoms with Gasteiger partial charge in [-0.1, -0.05) is 13.8 Å². The van der Waals surface area contributed by atoms with Crippen LogP contribution in [0.15, 0.2) is 29.7 Å². The Balaban J connectivity index is 1.58. The van der Waals surface area contributed by atoms with Crippen molar-refractivity contribution in [2.24, 2.45) is 5.92 Å². The monoisotopic (exact) mass is 329 g/mol. The molecule has 128 valence electrons. The lowest BCUT2D eigenvalue weighted by Crippen LogP contribution is -2.40. The fourth-order valence-corrected chi connectivity index (χ4v) is 3.03. The van der Waals surface area contributed by atoms with Gasteiger partial charge in [0.15, 0.2) is 0 Å². The molecule has 1 amide bonds. The van der Waals surface area contributed by atoms with E-state index in [0.29, 0.717) is 31.2 Å². The van der Waals surface area contributed by atoms with Crippen molar-refractivity contribution in [3.63, 3.8) is 0 Å². The fraction of sp³-hybridized carbons (Fsp3) is 0.529. The summed E-state index contributed by atoms with van der Waals surface area (Å²) >= 11 is 0. The first-order valence-electron chi connectivity index (χ1n) is 8.38. The average molecular weight is 329 g/mol. The van der Waals surface area contributed by atoms with E-state index in [1.807, 2.05) is 18.7 Å². The van der Waals surface area contributed by atoms with E-state index in [1.54, 1.807) is 23.2 Å². The zero-order chi connectivity index (χ0) is 17.1. The third-order valence-corrected chi connectivity index (χ3v) is 4.58. The molecule has 0 aliphatic carbocycles. The van der Waals surface area contributed by atoms with Crippen LogP contribution in [0.5, 0.6) is 0 Å². The molecule has 0 unspecified atom stereocenters. The van der Waals surface area contributed by atoms with Gasteiger partial charge in [0.1, 0.15) is 5.69 Å². The van der Waals surface area contributed by atoms with Gasteiger partial charge in [-0.05, 0) is 24.7 Å². The molecule has 1 saturated heterocycles. The summed E-state index contributed by atoms with van der Waals surface area (Å²) < 4.78 is 1.68.